The molecule has 1 heteroatoms. The SMILES string of the molecule is C(=Cc1ccccc1)C1=CCc2ccccc2O1. The minimum atomic E-state index is 0.914. The van der Waals surface area contributed by atoms with Gasteiger partial charge in [-0.15, -0.1) is 0 Å². The van der Waals surface area contributed by atoms with Crippen LogP contribution in [0.2, 0.25) is 0 Å². The summed E-state index contributed by atoms with van der Waals surface area (Å²) in [6.45, 7) is 0. The molecular weight excluding hydrogens is 220 g/mol. The molecule has 3 rings (SSSR count). The van der Waals surface area contributed by atoms with Gasteiger partial charge in [0.1, 0.15) is 11.5 Å². The van der Waals surface area contributed by atoms with Crippen molar-refractivity contribution in [2.75, 3.05) is 0 Å². The summed E-state index contributed by atoms with van der Waals surface area (Å²) >= 11 is 0. The molecule has 0 saturated carbocycles. The topological polar surface area (TPSA) is 9.23 Å². The predicted octanol–water partition coefficient (Wildman–Crippen LogP) is 4.22. The van der Waals surface area contributed by atoms with Crippen molar-refractivity contribution in [1.29, 1.82) is 0 Å². The van der Waals surface area contributed by atoms with Gasteiger partial charge in [-0.05, 0) is 35.8 Å². The van der Waals surface area contributed by atoms with E-state index in [1.165, 1.54) is 11.1 Å². The van der Waals surface area contributed by atoms with Crippen molar-refractivity contribution in [1.82, 2.24) is 0 Å². The molecule has 88 valence electrons. The third-order valence-corrected chi connectivity index (χ3v) is 2.96. The molecule has 0 atom stereocenters. The molecule has 0 aromatic heterocycles. The van der Waals surface area contributed by atoms with Gasteiger partial charge in [-0.2, -0.15) is 0 Å². The Balaban J connectivity index is 1.77. The Morgan fingerprint density at radius 2 is 1.61 bits per heavy atom. The quantitative estimate of drug-likeness (QED) is 0.756. The minimum absolute atomic E-state index is 0.914. The number of benzene rings is 2. The van der Waals surface area contributed by atoms with Gasteiger partial charge in [0.05, 0.1) is 0 Å². The Labute approximate surface area is 107 Å². The van der Waals surface area contributed by atoms with E-state index >= 15 is 0 Å². The summed E-state index contributed by atoms with van der Waals surface area (Å²) in [5, 5.41) is 0. The average molecular weight is 234 g/mol. The van der Waals surface area contributed by atoms with E-state index in [1.807, 2.05) is 42.5 Å². The Bertz CT molecular complexity index is 594. The fourth-order valence-electron chi connectivity index (χ4n) is 2.00. The highest BCUT2D eigenvalue weighted by Crippen LogP contribution is 2.26. The molecule has 1 aliphatic heterocycles. The summed E-state index contributed by atoms with van der Waals surface area (Å²) in [4.78, 5) is 0. The van der Waals surface area contributed by atoms with Crippen LogP contribution < -0.4 is 4.74 Å². The van der Waals surface area contributed by atoms with Gasteiger partial charge in [-0.3, -0.25) is 0 Å². The van der Waals surface area contributed by atoms with Crippen LogP contribution in [0.3, 0.4) is 0 Å². The molecule has 0 saturated heterocycles. The Morgan fingerprint density at radius 1 is 0.833 bits per heavy atom. The Morgan fingerprint density at radius 3 is 2.50 bits per heavy atom. The molecule has 0 unspecified atom stereocenters. The monoisotopic (exact) mass is 234 g/mol. The molecule has 0 aliphatic carbocycles. The van der Waals surface area contributed by atoms with Gasteiger partial charge in [-0.1, -0.05) is 54.6 Å². The minimum Gasteiger partial charge on any atom is -0.457 e. The normalized spacial score (nSPS) is 13.9. The number of hydrogen-bond acceptors (Lipinski definition) is 1. The fourth-order valence-corrected chi connectivity index (χ4v) is 2.00. The number of para-hydroxylation sites is 1. The molecule has 1 heterocycles. The van der Waals surface area contributed by atoms with E-state index in [1.54, 1.807) is 0 Å². The van der Waals surface area contributed by atoms with Crippen LogP contribution in [0.5, 0.6) is 5.75 Å². The highest BCUT2D eigenvalue weighted by Gasteiger charge is 2.08. The molecule has 0 amide bonds. The second-order valence-corrected chi connectivity index (χ2v) is 4.26. The first-order valence-corrected chi connectivity index (χ1v) is 6.11. The standard InChI is InChI=1S/C17H14O/c1-2-6-14(7-3-1)10-12-16-13-11-15-8-4-5-9-17(15)18-16/h1-10,12-13H,11H2. The first-order valence-electron chi connectivity index (χ1n) is 6.11. The smallest absolute Gasteiger partial charge is 0.130 e. The van der Waals surface area contributed by atoms with Crippen LogP contribution in [0, 0.1) is 0 Å². The largest absolute Gasteiger partial charge is 0.457 e. The van der Waals surface area contributed by atoms with Crippen molar-refractivity contribution >= 4 is 6.08 Å². The molecule has 0 radical (unpaired) electrons. The average Bonchev–Trinajstić information content (AvgIpc) is 2.46. The van der Waals surface area contributed by atoms with E-state index in [0.717, 1.165) is 17.9 Å². The van der Waals surface area contributed by atoms with Gasteiger partial charge in [0.15, 0.2) is 0 Å². The van der Waals surface area contributed by atoms with Crippen molar-refractivity contribution in [2.45, 2.75) is 6.42 Å². The zero-order valence-corrected chi connectivity index (χ0v) is 10.0. The summed E-state index contributed by atoms with van der Waals surface area (Å²) in [6, 6.07) is 18.4. The lowest BCUT2D eigenvalue weighted by molar-refractivity contribution is 0.429. The molecule has 0 spiro atoms. The van der Waals surface area contributed by atoms with E-state index in [2.05, 4.69) is 30.4 Å². The van der Waals surface area contributed by atoms with Gasteiger partial charge in [0.2, 0.25) is 0 Å². The van der Waals surface area contributed by atoms with Crippen LogP contribution in [0.1, 0.15) is 11.1 Å². The number of allylic oxidation sites excluding steroid dienone is 2. The van der Waals surface area contributed by atoms with E-state index < -0.39 is 0 Å². The van der Waals surface area contributed by atoms with Gasteiger partial charge in [0.25, 0.3) is 0 Å². The van der Waals surface area contributed by atoms with Crippen LogP contribution in [0.15, 0.2) is 72.5 Å². The lowest BCUT2D eigenvalue weighted by atomic mass is 10.1. The second kappa shape index (κ2) is 4.92. The number of hydrogen-bond donors (Lipinski definition) is 0. The van der Waals surface area contributed by atoms with Crippen molar-refractivity contribution in [2.24, 2.45) is 0 Å². The molecule has 1 nitrogen and oxygen atoms in total. The summed E-state index contributed by atoms with van der Waals surface area (Å²) in [6.07, 6.45) is 7.14. The Kier molecular flexibility index (Phi) is 2.97. The van der Waals surface area contributed by atoms with E-state index in [9.17, 15) is 0 Å². The molecular formula is C17H14O. The molecule has 0 N–H and O–H groups in total. The summed E-state index contributed by atoms with van der Waals surface area (Å²) < 4.78 is 5.83. The first-order chi connectivity index (χ1) is 8.92. The van der Waals surface area contributed by atoms with E-state index in [4.69, 9.17) is 4.74 Å². The van der Waals surface area contributed by atoms with Crippen LogP contribution >= 0.6 is 0 Å². The van der Waals surface area contributed by atoms with E-state index in [-0.39, 0.29) is 0 Å². The fraction of sp³-hybridized carbons (Fsp3) is 0.0588. The predicted molar refractivity (Wildman–Crippen MR) is 74.3 cm³/mol. The lowest BCUT2D eigenvalue weighted by Crippen LogP contribution is -2.02. The lowest BCUT2D eigenvalue weighted by Gasteiger charge is -2.15. The molecule has 2 aromatic carbocycles. The maximum Gasteiger partial charge on any atom is 0.130 e. The summed E-state index contributed by atoms with van der Waals surface area (Å²) in [7, 11) is 0. The number of ether oxygens (including phenoxy) is 1. The van der Waals surface area contributed by atoms with Crippen LogP contribution in [0.25, 0.3) is 6.08 Å². The third kappa shape index (κ3) is 2.35. The summed E-state index contributed by atoms with van der Waals surface area (Å²) in [5.41, 5.74) is 2.43. The van der Waals surface area contributed by atoms with Gasteiger partial charge >= 0.3 is 0 Å². The van der Waals surface area contributed by atoms with Gasteiger partial charge in [-0.25, -0.2) is 0 Å². The van der Waals surface area contributed by atoms with Crippen molar-refractivity contribution in [3.63, 3.8) is 0 Å². The molecule has 0 bridgehead atoms. The van der Waals surface area contributed by atoms with Gasteiger partial charge in [0, 0.05) is 0 Å². The first kappa shape index (κ1) is 10.8. The van der Waals surface area contributed by atoms with Crippen molar-refractivity contribution in [3.05, 3.63) is 83.6 Å². The zero-order valence-electron chi connectivity index (χ0n) is 10.0. The van der Waals surface area contributed by atoms with E-state index in [0.29, 0.717) is 0 Å². The number of rotatable bonds is 2. The highest BCUT2D eigenvalue weighted by atomic mass is 16.5. The van der Waals surface area contributed by atoms with Crippen LogP contribution in [-0.2, 0) is 6.42 Å². The second-order valence-electron chi connectivity index (χ2n) is 4.26. The maximum atomic E-state index is 5.83. The highest BCUT2D eigenvalue weighted by molar-refractivity contribution is 5.53. The number of fused-ring (bicyclic) bond motifs is 1. The van der Waals surface area contributed by atoms with Crippen LogP contribution in [-0.4, -0.2) is 0 Å². The summed E-state index contributed by atoms with van der Waals surface area (Å²) in [5.74, 6) is 1.88. The van der Waals surface area contributed by atoms with Crippen molar-refractivity contribution < 1.29 is 4.74 Å². The molecule has 0 fully saturated rings. The molecule has 1 aliphatic rings. The Hall–Kier alpha value is -2.28. The maximum absolute atomic E-state index is 5.83. The zero-order chi connectivity index (χ0) is 12.2. The third-order valence-electron chi connectivity index (χ3n) is 2.96. The van der Waals surface area contributed by atoms with Crippen LogP contribution in [0.4, 0.5) is 0 Å². The van der Waals surface area contributed by atoms with Gasteiger partial charge < -0.3 is 4.74 Å². The van der Waals surface area contributed by atoms with Crippen molar-refractivity contribution in [3.8, 4) is 5.75 Å². The molecule has 18 heavy (non-hydrogen) atoms. The molecule has 2 aromatic rings.